The van der Waals surface area contributed by atoms with Crippen LogP contribution in [-0.4, -0.2) is 19.6 Å². The van der Waals surface area contributed by atoms with Gasteiger partial charge in [0.05, 0.1) is 22.3 Å². The molecular weight excluding hydrogens is 1060 g/mol. The molecule has 0 aliphatic heterocycles. The van der Waals surface area contributed by atoms with E-state index >= 15 is 0 Å². The number of para-hydroxylation sites is 1. The fraction of sp³-hybridized carbons (Fsp3) is 0.284. The van der Waals surface area contributed by atoms with E-state index in [1.165, 1.54) is 5.56 Å². The zero-order valence-corrected chi connectivity index (χ0v) is 46.4. The average molecular weight is 1130 g/mol. The van der Waals surface area contributed by atoms with E-state index in [1.54, 1.807) is 6.07 Å². The first-order chi connectivity index (χ1) is 35.1. The molecule has 370 valence electrons. The average Bonchev–Trinajstić information content (AvgIpc) is 3.80. The Morgan fingerprint density at radius 1 is 0.569 bits per heavy atom. The van der Waals surface area contributed by atoms with E-state index in [1.807, 2.05) is 73.1 Å². The summed E-state index contributed by atoms with van der Waals surface area (Å²) in [6.45, 7) is 24.8. The van der Waals surface area contributed by atoms with Crippen LogP contribution in [-0.2, 0) is 37.3 Å². The SMILES string of the molecule is [2H]C([2H])([2H])c1cc(-c2cc(C(C)C)cc(C([2H])(C)C)c2)ccc1-n1c(-c2cc(C(C)(C)C)cc(C(C)(C)C)c2O)nc2c(-c3[c-]c(-c4cc(-c5ccc(-c6ccccc6)cc5)ccn4)cc(C(C)(C)C)c3)cccc21.[Pt]. The van der Waals surface area contributed by atoms with E-state index in [0.717, 1.165) is 78.0 Å². The molecule has 0 aliphatic carbocycles. The molecule has 5 heteroatoms. The number of hydrogen-bond donors (Lipinski definition) is 1. The van der Waals surface area contributed by atoms with Crippen LogP contribution in [0.15, 0.2) is 152 Å². The molecule has 1 N–H and O–H groups in total. The smallest absolute Gasteiger partial charge is 0.148 e. The van der Waals surface area contributed by atoms with E-state index in [-0.39, 0.29) is 49.1 Å². The molecule has 7 aromatic carbocycles. The van der Waals surface area contributed by atoms with Crippen molar-refractivity contribution in [2.75, 3.05) is 0 Å². The van der Waals surface area contributed by atoms with Gasteiger partial charge in [0, 0.05) is 44.0 Å². The van der Waals surface area contributed by atoms with Crippen LogP contribution in [0.4, 0.5) is 0 Å². The van der Waals surface area contributed by atoms with Gasteiger partial charge in [0.1, 0.15) is 11.6 Å². The molecule has 2 heterocycles. The van der Waals surface area contributed by atoms with Crippen LogP contribution >= 0.6 is 0 Å². The first kappa shape index (κ1) is 46.7. The molecule has 0 saturated heterocycles. The number of benzene rings is 7. The summed E-state index contributed by atoms with van der Waals surface area (Å²) >= 11 is 0. The number of imidazole rings is 1. The van der Waals surface area contributed by atoms with Gasteiger partial charge in [0.25, 0.3) is 0 Å². The summed E-state index contributed by atoms with van der Waals surface area (Å²) in [5.74, 6) is -0.158. The first-order valence-electron chi connectivity index (χ1n) is 27.0. The second-order valence-electron chi connectivity index (χ2n) is 22.9. The molecule has 4 nitrogen and oxygen atoms in total. The number of phenols is 1. The van der Waals surface area contributed by atoms with Crippen LogP contribution in [0.3, 0.4) is 0 Å². The van der Waals surface area contributed by atoms with E-state index < -0.39 is 18.2 Å². The number of pyridine rings is 1. The van der Waals surface area contributed by atoms with Crippen LogP contribution in [0.5, 0.6) is 5.75 Å². The molecule has 0 radical (unpaired) electrons. The van der Waals surface area contributed by atoms with Gasteiger partial charge in [-0.3, -0.25) is 9.55 Å². The van der Waals surface area contributed by atoms with Crippen LogP contribution in [0.25, 0.3) is 83.9 Å². The van der Waals surface area contributed by atoms with Gasteiger partial charge >= 0.3 is 0 Å². The van der Waals surface area contributed by atoms with Gasteiger partial charge in [-0.05, 0) is 121 Å². The zero-order chi connectivity index (χ0) is 54.2. The molecule has 0 amide bonds. The molecule has 0 atom stereocenters. The monoisotopic (exact) mass is 1130 g/mol. The molecule has 0 spiro atoms. The van der Waals surface area contributed by atoms with E-state index in [2.05, 4.69) is 173 Å². The molecule has 0 aliphatic rings. The predicted molar refractivity (Wildman–Crippen MR) is 301 cm³/mol. The fourth-order valence-corrected chi connectivity index (χ4v) is 9.43. The van der Waals surface area contributed by atoms with Gasteiger partial charge in [-0.1, -0.05) is 204 Å². The third-order valence-corrected chi connectivity index (χ3v) is 13.9. The van der Waals surface area contributed by atoms with Crippen LogP contribution in [0.1, 0.15) is 141 Å². The normalized spacial score (nSPS) is 13.4. The zero-order valence-electron chi connectivity index (χ0n) is 48.1. The maximum Gasteiger partial charge on any atom is 0.148 e. The Hall–Kier alpha value is -6.35. The fourth-order valence-electron chi connectivity index (χ4n) is 9.43. The second kappa shape index (κ2) is 19.9. The standard InChI is InChI=1S/C67H70N3O.Pt/c1-41(2)49-32-50(42(3)4)34-51(33-49)47-27-28-60(43(5)31-47)70-61-22-18-21-56(62(61)69-64(70)57-39-55(66(9,10)11)40-58(63(57)71)67(12,13)14)52-35-53(37-54(36-52)65(6,7)8)59-38-48(29-30-68-59)46-25-23-45(24-26-46)44-19-16-15-17-20-44;/h15-34,36-42,71H,1-14H3;/q-1;/i5D3,41D;. The molecule has 9 rings (SSSR count). The van der Waals surface area contributed by atoms with Gasteiger partial charge < -0.3 is 5.11 Å². The third-order valence-electron chi connectivity index (χ3n) is 13.9. The Balaban J connectivity index is 0.00000765. The van der Waals surface area contributed by atoms with Crippen molar-refractivity contribution in [3.8, 4) is 78.6 Å². The third kappa shape index (κ3) is 10.4. The van der Waals surface area contributed by atoms with Crippen molar-refractivity contribution >= 4 is 11.0 Å². The predicted octanol–water partition coefficient (Wildman–Crippen LogP) is 18.4. The number of phenolic OH excluding ortho intramolecular Hbond substituents is 1. The minimum atomic E-state index is -2.56. The summed E-state index contributed by atoms with van der Waals surface area (Å²) in [7, 11) is 0. The summed E-state index contributed by atoms with van der Waals surface area (Å²) in [6, 6.07) is 53.3. The minimum absolute atomic E-state index is 0. The molecule has 0 fully saturated rings. The van der Waals surface area contributed by atoms with Crippen molar-refractivity contribution in [2.45, 2.75) is 125 Å². The van der Waals surface area contributed by atoms with Crippen LogP contribution in [0.2, 0.25) is 0 Å². The molecule has 9 aromatic rings. The number of aryl methyl sites for hydroxylation is 1. The molecule has 0 bridgehead atoms. The Morgan fingerprint density at radius 3 is 1.82 bits per heavy atom. The number of aromatic nitrogens is 3. The van der Waals surface area contributed by atoms with Crippen LogP contribution < -0.4 is 0 Å². The summed E-state index contributed by atoms with van der Waals surface area (Å²) in [6.07, 6.45) is 1.86. The Kier molecular flexibility index (Phi) is 12.9. The van der Waals surface area contributed by atoms with E-state index in [4.69, 9.17) is 11.3 Å². The van der Waals surface area contributed by atoms with Gasteiger partial charge in [0.15, 0.2) is 0 Å². The van der Waals surface area contributed by atoms with Crippen LogP contribution in [0, 0.1) is 12.9 Å². The van der Waals surface area contributed by atoms with Crippen molar-refractivity contribution in [3.63, 3.8) is 0 Å². The summed E-state index contributed by atoms with van der Waals surface area (Å²) < 4.78 is 38.4. The van der Waals surface area contributed by atoms with Crippen molar-refractivity contribution in [1.29, 1.82) is 0 Å². The molecule has 72 heavy (non-hydrogen) atoms. The van der Waals surface area contributed by atoms with Gasteiger partial charge in [-0.2, -0.15) is 0 Å². The number of nitrogens with zero attached hydrogens (tertiary/aromatic N) is 3. The summed E-state index contributed by atoms with van der Waals surface area (Å²) in [4.78, 5) is 10.5. The molecule has 2 aromatic heterocycles. The summed E-state index contributed by atoms with van der Waals surface area (Å²) in [5.41, 5.74) is 15.4. The van der Waals surface area contributed by atoms with Gasteiger partial charge in [-0.25, -0.2) is 4.98 Å². The quantitative estimate of drug-likeness (QED) is 0.147. The number of rotatable bonds is 9. The van der Waals surface area contributed by atoms with Crippen molar-refractivity contribution in [3.05, 3.63) is 191 Å². The second-order valence-corrected chi connectivity index (χ2v) is 22.9. The topological polar surface area (TPSA) is 50.9 Å². The number of aromatic hydroxyl groups is 1. The first-order valence-corrected chi connectivity index (χ1v) is 25.0. The summed E-state index contributed by atoms with van der Waals surface area (Å²) in [5, 5.41) is 12.6. The minimum Gasteiger partial charge on any atom is -0.507 e. The Labute approximate surface area is 449 Å². The largest absolute Gasteiger partial charge is 0.507 e. The number of fused-ring (bicyclic) bond motifs is 1. The maximum absolute atomic E-state index is 12.6. The molecule has 0 saturated carbocycles. The van der Waals surface area contributed by atoms with Gasteiger partial charge in [0.2, 0.25) is 0 Å². The Bertz CT molecular complexity index is 3600. The maximum atomic E-state index is 12.6. The molecular formula is C67H70N3OPt-. The van der Waals surface area contributed by atoms with E-state index in [9.17, 15) is 9.22 Å². The Morgan fingerprint density at radius 2 is 1.18 bits per heavy atom. The van der Waals surface area contributed by atoms with Crippen molar-refractivity contribution < 1.29 is 31.7 Å². The molecule has 0 unspecified atom stereocenters. The van der Waals surface area contributed by atoms with E-state index in [0.29, 0.717) is 28.1 Å². The van der Waals surface area contributed by atoms with Gasteiger partial charge in [-0.15, -0.1) is 29.3 Å². The number of hydrogen-bond acceptors (Lipinski definition) is 3. The van der Waals surface area contributed by atoms with Crippen molar-refractivity contribution in [1.82, 2.24) is 14.5 Å². The van der Waals surface area contributed by atoms with Crippen molar-refractivity contribution in [2.24, 2.45) is 0 Å².